The van der Waals surface area contributed by atoms with E-state index in [4.69, 9.17) is 4.74 Å². The molecule has 0 spiro atoms. The van der Waals surface area contributed by atoms with Gasteiger partial charge in [-0.15, -0.1) is 11.3 Å². The second kappa shape index (κ2) is 7.22. The van der Waals surface area contributed by atoms with E-state index in [0.29, 0.717) is 3.79 Å². The molecule has 2 heterocycles. The molecule has 0 saturated carbocycles. The molecule has 1 aromatic rings. The van der Waals surface area contributed by atoms with Crippen molar-refractivity contribution < 1.29 is 27.9 Å². The van der Waals surface area contributed by atoms with Crippen LogP contribution in [0.3, 0.4) is 0 Å². The first-order chi connectivity index (χ1) is 11.4. The van der Waals surface area contributed by atoms with E-state index in [1.807, 2.05) is 0 Å². The van der Waals surface area contributed by atoms with Crippen LogP contribution in [0.5, 0.6) is 0 Å². The number of carboxylic acids is 1. The number of carboxylic acid groups (broad SMARTS) is 1. The summed E-state index contributed by atoms with van der Waals surface area (Å²) in [5, 5.41) is 9.47. The molecule has 1 saturated heterocycles. The number of sulfonamides is 1. The predicted molar refractivity (Wildman–Crippen MR) is 95.1 cm³/mol. The number of thiophene rings is 1. The molecular formula is C14H19BrN2O6S2. The summed E-state index contributed by atoms with van der Waals surface area (Å²) >= 11 is 4.20. The van der Waals surface area contributed by atoms with Crippen molar-refractivity contribution in [3.8, 4) is 0 Å². The maximum absolute atomic E-state index is 12.7. The largest absolute Gasteiger partial charge is 0.480 e. The summed E-state index contributed by atoms with van der Waals surface area (Å²) < 4.78 is 32.3. The minimum atomic E-state index is -3.96. The van der Waals surface area contributed by atoms with E-state index >= 15 is 0 Å². The van der Waals surface area contributed by atoms with Crippen LogP contribution in [-0.2, 0) is 19.6 Å². The summed E-state index contributed by atoms with van der Waals surface area (Å²) in [5.74, 6) is -1.31. The SMILES string of the molecule is CC(C)(C)OC(=O)N1CCN(S(=O)(=O)c2ccc(Br)s2)[C@@H](C(=O)O)C1. The lowest BCUT2D eigenvalue weighted by Gasteiger charge is -2.38. The van der Waals surface area contributed by atoms with Gasteiger partial charge in [-0.25, -0.2) is 13.2 Å². The van der Waals surface area contributed by atoms with Crippen LogP contribution in [0.4, 0.5) is 4.79 Å². The van der Waals surface area contributed by atoms with Gasteiger partial charge in [0.05, 0.1) is 10.3 Å². The lowest BCUT2D eigenvalue weighted by molar-refractivity contribution is -0.143. The van der Waals surface area contributed by atoms with Crippen molar-refractivity contribution in [3.63, 3.8) is 0 Å². The van der Waals surface area contributed by atoms with E-state index < -0.39 is 33.7 Å². The average molecular weight is 455 g/mol. The fourth-order valence-electron chi connectivity index (χ4n) is 2.30. The van der Waals surface area contributed by atoms with Gasteiger partial charge in [0.1, 0.15) is 15.9 Å². The van der Waals surface area contributed by atoms with Crippen molar-refractivity contribution in [3.05, 3.63) is 15.9 Å². The van der Waals surface area contributed by atoms with E-state index in [1.54, 1.807) is 26.8 Å². The number of amides is 1. The molecule has 1 aromatic heterocycles. The molecule has 0 unspecified atom stereocenters. The first-order valence-corrected chi connectivity index (χ1v) is 10.4. The molecule has 8 nitrogen and oxygen atoms in total. The zero-order valence-electron chi connectivity index (χ0n) is 13.9. The topological polar surface area (TPSA) is 104 Å². The Hall–Kier alpha value is -1.17. The molecule has 1 fully saturated rings. The molecule has 0 aliphatic carbocycles. The molecule has 1 amide bonds. The second-order valence-electron chi connectivity index (χ2n) is 6.45. The van der Waals surface area contributed by atoms with Crippen LogP contribution in [0.15, 0.2) is 20.1 Å². The second-order valence-corrected chi connectivity index (χ2v) is 11.0. The maximum atomic E-state index is 12.7. The Balaban J connectivity index is 2.23. The average Bonchev–Trinajstić information content (AvgIpc) is 2.92. The van der Waals surface area contributed by atoms with Gasteiger partial charge in [0, 0.05) is 13.1 Å². The minimum absolute atomic E-state index is 0.0522. The summed E-state index contributed by atoms with van der Waals surface area (Å²) in [4.78, 5) is 25.0. The molecule has 2 rings (SSSR count). The minimum Gasteiger partial charge on any atom is -0.480 e. The molecule has 1 atom stereocenters. The highest BCUT2D eigenvalue weighted by molar-refractivity contribution is 9.11. The number of rotatable bonds is 3. The van der Waals surface area contributed by atoms with Crippen molar-refractivity contribution in [1.29, 1.82) is 0 Å². The lowest BCUT2D eigenvalue weighted by atomic mass is 10.2. The molecule has 1 aliphatic rings. The fraction of sp³-hybridized carbons (Fsp3) is 0.571. The number of piperazine rings is 1. The smallest absolute Gasteiger partial charge is 0.410 e. The standard InChI is InChI=1S/C14H19BrN2O6S2/c1-14(2,3)23-13(20)16-6-7-17(9(8-16)12(18)19)25(21,22)11-5-4-10(15)24-11/h4-5,9H,6-8H2,1-3H3,(H,18,19)/t9-/m1/s1. The summed E-state index contributed by atoms with van der Waals surface area (Å²) in [5.41, 5.74) is -0.720. The van der Waals surface area contributed by atoms with Gasteiger partial charge in [-0.05, 0) is 48.8 Å². The number of hydrogen-bond acceptors (Lipinski definition) is 6. The van der Waals surface area contributed by atoms with Crippen LogP contribution in [-0.4, -0.2) is 66.1 Å². The van der Waals surface area contributed by atoms with Gasteiger partial charge in [0.25, 0.3) is 10.0 Å². The number of hydrogen-bond donors (Lipinski definition) is 1. The Labute approximate surface area is 158 Å². The number of halogens is 1. The number of carbonyl (C=O) groups excluding carboxylic acids is 1. The van der Waals surface area contributed by atoms with Crippen molar-refractivity contribution in [2.45, 2.75) is 36.6 Å². The highest BCUT2D eigenvalue weighted by Gasteiger charge is 2.42. The fourth-order valence-corrected chi connectivity index (χ4v) is 6.00. The highest BCUT2D eigenvalue weighted by atomic mass is 79.9. The van der Waals surface area contributed by atoms with Gasteiger partial charge < -0.3 is 14.7 Å². The Morgan fingerprint density at radius 3 is 2.44 bits per heavy atom. The molecule has 25 heavy (non-hydrogen) atoms. The molecule has 11 heteroatoms. The van der Waals surface area contributed by atoms with Crippen LogP contribution in [0.25, 0.3) is 0 Å². The van der Waals surface area contributed by atoms with Gasteiger partial charge >= 0.3 is 12.1 Å². The van der Waals surface area contributed by atoms with Crippen LogP contribution in [0.2, 0.25) is 0 Å². The first-order valence-electron chi connectivity index (χ1n) is 7.40. The van der Waals surface area contributed by atoms with E-state index in [0.717, 1.165) is 15.6 Å². The Bertz CT molecular complexity index is 771. The van der Waals surface area contributed by atoms with E-state index in [1.165, 1.54) is 11.0 Å². The molecule has 1 aliphatic heterocycles. The van der Waals surface area contributed by atoms with Crippen molar-refractivity contribution in [2.24, 2.45) is 0 Å². The number of ether oxygens (including phenoxy) is 1. The number of carbonyl (C=O) groups is 2. The third kappa shape index (κ3) is 4.72. The molecule has 0 aromatic carbocycles. The molecule has 0 radical (unpaired) electrons. The van der Waals surface area contributed by atoms with Crippen LogP contribution in [0, 0.1) is 0 Å². The number of aliphatic carboxylic acids is 1. The van der Waals surface area contributed by atoms with Crippen molar-refractivity contribution in [2.75, 3.05) is 19.6 Å². The Morgan fingerprint density at radius 2 is 1.96 bits per heavy atom. The molecular weight excluding hydrogens is 436 g/mol. The summed E-state index contributed by atoms with van der Waals surface area (Å²) in [6.07, 6.45) is -0.658. The van der Waals surface area contributed by atoms with E-state index in [-0.39, 0.29) is 23.8 Å². The monoisotopic (exact) mass is 454 g/mol. The Kier molecular flexibility index (Phi) is 5.81. The quantitative estimate of drug-likeness (QED) is 0.750. The third-order valence-electron chi connectivity index (χ3n) is 3.38. The van der Waals surface area contributed by atoms with Crippen LogP contribution in [0.1, 0.15) is 20.8 Å². The highest BCUT2D eigenvalue weighted by Crippen LogP contribution is 2.30. The van der Waals surface area contributed by atoms with Gasteiger partial charge in [0.15, 0.2) is 0 Å². The zero-order chi connectivity index (χ0) is 19.0. The van der Waals surface area contributed by atoms with Crippen molar-refractivity contribution in [1.82, 2.24) is 9.21 Å². The summed E-state index contributed by atoms with van der Waals surface area (Å²) in [7, 11) is -3.96. The zero-order valence-corrected chi connectivity index (χ0v) is 17.1. The van der Waals surface area contributed by atoms with Crippen molar-refractivity contribution >= 4 is 49.4 Å². The van der Waals surface area contributed by atoms with E-state index in [9.17, 15) is 23.1 Å². The van der Waals surface area contributed by atoms with Gasteiger partial charge in [-0.3, -0.25) is 4.79 Å². The molecule has 1 N–H and O–H groups in total. The Morgan fingerprint density at radius 1 is 1.32 bits per heavy atom. The summed E-state index contributed by atoms with van der Waals surface area (Å²) in [6, 6.07) is 1.64. The third-order valence-corrected chi connectivity index (χ3v) is 7.38. The van der Waals surface area contributed by atoms with Gasteiger partial charge in [0.2, 0.25) is 0 Å². The molecule has 140 valence electrons. The first kappa shape index (κ1) is 20.1. The van der Waals surface area contributed by atoms with E-state index in [2.05, 4.69) is 15.9 Å². The maximum Gasteiger partial charge on any atom is 0.410 e. The molecule has 0 bridgehead atoms. The lowest BCUT2D eigenvalue weighted by Crippen LogP contribution is -2.59. The van der Waals surface area contributed by atoms with Crippen LogP contribution < -0.4 is 0 Å². The number of nitrogens with zero attached hydrogens (tertiary/aromatic N) is 2. The van der Waals surface area contributed by atoms with Gasteiger partial charge in [-0.1, -0.05) is 0 Å². The van der Waals surface area contributed by atoms with Gasteiger partial charge in [-0.2, -0.15) is 4.31 Å². The normalized spacial score (nSPS) is 19.7. The predicted octanol–water partition coefficient (Wildman–Crippen LogP) is 2.21. The van der Waals surface area contributed by atoms with Crippen LogP contribution >= 0.6 is 27.3 Å². The summed E-state index contributed by atoms with van der Waals surface area (Å²) in [6.45, 7) is 4.79.